The van der Waals surface area contributed by atoms with Crippen LogP contribution >= 0.6 is 11.6 Å². The molecule has 0 radical (unpaired) electrons. The number of aryl methyl sites for hydroxylation is 1. The van der Waals surface area contributed by atoms with Crippen molar-refractivity contribution in [2.45, 2.75) is 0 Å². The molecule has 8 heteroatoms. The van der Waals surface area contributed by atoms with Gasteiger partial charge >= 0.3 is 0 Å². The van der Waals surface area contributed by atoms with Gasteiger partial charge in [-0.2, -0.15) is 0 Å². The number of amides is 2. The molecule has 4 rings (SSSR count). The van der Waals surface area contributed by atoms with Gasteiger partial charge in [-0.15, -0.1) is 0 Å². The summed E-state index contributed by atoms with van der Waals surface area (Å²) < 4.78 is 7.07. The van der Waals surface area contributed by atoms with Crippen LogP contribution in [-0.2, 0) is 11.8 Å². The van der Waals surface area contributed by atoms with Gasteiger partial charge in [0.05, 0.1) is 13.7 Å². The second-order valence-electron chi connectivity index (χ2n) is 7.54. The average molecular weight is 441 g/mol. The molecule has 0 aliphatic carbocycles. The van der Waals surface area contributed by atoms with E-state index in [2.05, 4.69) is 10.2 Å². The number of methoxy groups -OCH3 is 1. The summed E-state index contributed by atoms with van der Waals surface area (Å²) in [7, 11) is 3.44. The van der Waals surface area contributed by atoms with Crippen molar-refractivity contribution < 1.29 is 14.3 Å². The monoisotopic (exact) mass is 440 g/mol. The zero-order valence-electron chi connectivity index (χ0n) is 17.6. The Bertz CT molecular complexity index is 1120. The first kappa shape index (κ1) is 21.1. The summed E-state index contributed by atoms with van der Waals surface area (Å²) in [6.45, 7) is 2.64. The molecule has 1 aliphatic rings. The molecular weight excluding hydrogens is 416 g/mol. The van der Waals surface area contributed by atoms with E-state index < -0.39 is 0 Å². The molecule has 0 saturated carbocycles. The quantitative estimate of drug-likeness (QED) is 0.662. The molecule has 7 nitrogen and oxygen atoms in total. The van der Waals surface area contributed by atoms with E-state index in [-0.39, 0.29) is 18.4 Å². The second-order valence-corrected chi connectivity index (χ2v) is 7.98. The van der Waals surface area contributed by atoms with Gasteiger partial charge in [0.2, 0.25) is 5.91 Å². The van der Waals surface area contributed by atoms with Gasteiger partial charge in [-0.1, -0.05) is 17.7 Å². The molecular formula is C23H25ClN4O3. The molecule has 3 aromatic rings. The molecule has 0 spiro atoms. The first-order valence-electron chi connectivity index (χ1n) is 10.2. The zero-order chi connectivity index (χ0) is 22.0. The SMILES string of the molecule is COc1ccc2c(c1)cc(C(=O)NCC(=O)N1CCN(c3cccc(Cl)c3)CC1)n2C. The summed E-state index contributed by atoms with van der Waals surface area (Å²) in [6, 6.07) is 15.2. The number of carbonyl (C=O) groups is 2. The minimum absolute atomic E-state index is 0.0269. The van der Waals surface area contributed by atoms with Crippen molar-refractivity contribution in [3.8, 4) is 5.75 Å². The number of ether oxygens (including phenoxy) is 1. The van der Waals surface area contributed by atoms with Crippen LogP contribution in [0.3, 0.4) is 0 Å². The zero-order valence-corrected chi connectivity index (χ0v) is 18.4. The Hall–Kier alpha value is -3.19. The van der Waals surface area contributed by atoms with Gasteiger partial charge in [0.25, 0.3) is 5.91 Å². The third kappa shape index (κ3) is 4.46. The molecule has 0 unspecified atom stereocenters. The maximum Gasteiger partial charge on any atom is 0.268 e. The summed E-state index contributed by atoms with van der Waals surface area (Å²) in [6.07, 6.45) is 0. The van der Waals surface area contributed by atoms with Gasteiger partial charge in [0, 0.05) is 54.8 Å². The Balaban J connectivity index is 1.33. The van der Waals surface area contributed by atoms with Crippen LogP contribution in [0.5, 0.6) is 5.75 Å². The first-order valence-corrected chi connectivity index (χ1v) is 10.5. The predicted molar refractivity (Wildman–Crippen MR) is 122 cm³/mol. The van der Waals surface area contributed by atoms with Crippen molar-refractivity contribution in [3.63, 3.8) is 0 Å². The van der Waals surface area contributed by atoms with Crippen LogP contribution in [0.2, 0.25) is 5.02 Å². The molecule has 2 aromatic carbocycles. The maximum absolute atomic E-state index is 12.7. The smallest absolute Gasteiger partial charge is 0.268 e. The molecule has 31 heavy (non-hydrogen) atoms. The van der Waals surface area contributed by atoms with Crippen molar-refractivity contribution in [3.05, 3.63) is 59.2 Å². The topological polar surface area (TPSA) is 66.8 Å². The fourth-order valence-electron chi connectivity index (χ4n) is 3.92. The Labute approximate surface area is 186 Å². The number of benzene rings is 2. The highest BCUT2D eigenvalue weighted by Gasteiger charge is 2.22. The first-order chi connectivity index (χ1) is 15.0. The lowest BCUT2D eigenvalue weighted by Crippen LogP contribution is -2.51. The van der Waals surface area contributed by atoms with Crippen LogP contribution in [0.4, 0.5) is 5.69 Å². The molecule has 1 saturated heterocycles. The van der Waals surface area contributed by atoms with Gasteiger partial charge in [0.15, 0.2) is 0 Å². The van der Waals surface area contributed by atoms with E-state index in [4.69, 9.17) is 16.3 Å². The van der Waals surface area contributed by atoms with E-state index in [0.29, 0.717) is 23.8 Å². The molecule has 0 bridgehead atoms. The Kier molecular flexibility index (Phi) is 6.04. The number of fused-ring (bicyclic) bond motifs is 1. The largest absolute Gasteiger partial charge is 0.497 e. The number of piperazine rings is 1. The number of nitrogens with one attached hydrogen (secondary N) is 1. The molecule has 1 N–H and O–H groups in total. The van der Waals surface area contributed by atoms with E-state index in [0.717, 1.165) is 35.4 Å². The molecule has 2 amide bonds. The average Bonchev–Trinajstić information content (AvgIpc) is 3.13. The predicted octanol–water partition coefficient (Wildman–Crippen LogP) is 2.92. The molecule has 162 valence electrons. The minimum Gasteiger partial charge on any atom is -0.497 e. The molecule has 2 heterocycles. The fourth-order valence-corrected chi connectivity index (χ4v) is 4.10. The van der Waals surface area contributed by atoms with Crippen molar-refractivity contribution in [2.75, 3.05) is 44.7 Å². The number of nitrogens with zero attached hydrogens (tertiary/aromatic N) is 3. The van der Waals surface area contributed by atoms with Gasteiger partial charge < -0.3 is 24.4 Å². The lowest BCUT2D eigenvalue weighted by atomic mass is 10.2. The van der Waals surface area contributed by atoms with Gasteiger partial charge in [-0.3, -0.25) is 9.59 Å². The van der Waals surface area contributed by atoms with Gasteiger partial charge in [-0.05, 0) is 42.5 Å². The van der Waals surface area contributed by atoms with E-state index >= 15 is 0 Å². The lowest BCUT2D eigenvalue weighted by molar-refractivity contribution is -0.130. The standard InChI is InChI=1S/C23H25ClN4O3/c1-26-20-7-6-19(31-2)12-16(20)13-21(26)23(30)25-15-22(29)28-10-8-27(9-11-28)18-5-3-4-17(24)14-18/h3-7,12-14H,8-11,15H2,1-2H3,(H,25,30). The molecule has 1 fully saturated rings. The number of aromatic nitrogens is 1. The third-order valence-corrected chi connectivity index (χ3v) is 5.92. The number of carbonyl (C=O) groups excluding carboxylic acids is 2. The summed E-state index contributed by atoms with van der Waals surface area (Å²) in [5, 5.41) is 4.38. The van der Waals surface area contributed by atoms with Gasteiger partial charge in [-0.25, -0.2) is 0 Å². The van der Waals surface area contributed by atoms with Crippen LogP contribution < -0.4 is 15.0 Å². The summed E-state index contributed by atoms with van der Waals surface area (Å²) >= 11 is 6.08. The van der Waals surface area contributed by atoms with E-state index in [9.17, 15) is 9.59 Å². The minimum atomic E-state index is -0.274. The highest BCUT2D eigenvalue weighted by molar-refractivity contribution is 6.30. The summed E-state index contributed by atoms with van der Waals surface area (Å²) in [5.74, 6) is 0.375. The lowest BCUT2D eigenvalue weighted by Gasteiger charge is -2.36. The number of halogens is 1. The van der Waals surface area contributed by atoms with Crippen molar-refractivity contribution >= 4 is 40.0 Å². The number of rotatable bonds is 5. The number of hydrogen-bond acceptors (Lipinski definition) is 4. The van der Waals surface area contributed by atoms with E-state index in [1.807, 2.05) is 54.1 Å². The van der Waals surface area contributed by atoms with Crippen LogP contribution in [0, 0.1) is 0 Å². The summed E-state index contributed by atoms with van der Waals surface area (Å²) in [4.78, 5) is 29.3. The summed E-state index contributed by atoms with van der Waals surface area (Å²) in [5.41, 5.74) is 2.48. The maximum atomic E-state index is 12.7. The highest BCUT2D eigenvalue weighted by Crippen LogP contribution is 2.24. The molecule has 1 aromatic heterocycles. The molecule has 0 atom stereocenters. The number of anilines is 1. The Morgan fingerprint density at radius 1 is 1.06 bits per heavy atom. The van der Waals surface area contributed by atoms with Crippen molar-refractivity contribution in [1.29, 1.82) is 0 Å². The number of hydrogen-bond donors (Lipinski definition) is 1. The van der Waals surface area contributed by atoms with Crippen LogP contribution in [0.1, 0.15) is 10.5 Å². The van der Waals surface area contributed by atoms with Crippen LogP contribution in [0.15, 0.2) is 48.5 Å². The van der Waals surface area contributed by atoms with E-state index in [1.54, 1.807) is 18.1 Å². The fraction of sp³-hybridized carbons (Fsp3) is 0.304. The van der Waals surface area contributed by atoms with Crippen LogP contribution in [0.25, 0.3) is 10.9 Å². The van der Waals surface area contributed by atoms with E-state index in [1.165, 1.54) is 0 Å². The van der Waals surface area contributed by atoms with Gasteiger partial charge in [0.1, 0.15) is 11.4 Å². The Morgan fingerprint density at radius 2 is 1.84 bits per heavy atom. The van der Waals surface area contributed by atoms with Crippen molar-refractivity contribution in [2.24, 2.45) is 7.05 Å². The van der Waals surface area contributed by atoms with Crippen molar-refractivity contribution in [1.82, 2.24) is 14.8 Å². The second kappa shape index (κ2) is 8.89. The normalized spacial score (nSPS) is 14.0. The molecule has 1 aliphatic heterocycles. The van der Waals surface area contributed by atoms with Crippen LogP contribution in [-0.4, -0.2) is 61.1 Å². The highest BCUT2D eigenvalue weighted by atomic mass is 35.5. The Morgan fingerprint density at radius 3 is 2.55 bits per heavy atom. The third-order valence-electron chi connectivity index (χ3n) is 5.69.